The molecule has 2 aromatic rings. The number of alkyl halides is 3. The topological polar surface area (TPSA) is 118 Å². The number of rotatable bonds is 7. The van der Waals surface area contributed by atoms with Crippen LogP contribution in [0.4, 0.5) is 18.9 Å². The molecule has 0 aliphatic heterocycles. The third-order valence-electron chi connectivity index (χ3n) is 4.46. The van der Waals surface area contributed by atoms with Crippen LogP contribution in [0.3, 0.4) is 0 Å². The molecule has 1 heterocycles. The van der Waals surface area contributed by atoms with Crippen LogP contribution >= 0.6 is 0 Å². The molecule has 2 rings (SSSR count). The van der Waals surface area contributed by atoms with Crippen LogP contribution in [0.15, 0.2) is 24.3 Å². The summed E-state index contributed by atoms with van der Waals surface area (Å²) in [5.74, 6) is -3.67. The number of hydrogen-bond acceptors (Lipinski definition) is 6. The van der Waals surface area contributed by atoms with Gasteiger partial charge >= 0.3 is 24.1 Å². The Morgan fingerprint density at radius 2 is 1.63 bits per heavy atom. The summed E-state index contributed by atoms with van der Waals surface area (Å²) < 4.78 is 42.5. The van der Waals surface area contributed by atoms with E-state index in [4.69, 9.17) is 19.4 Å². The fraction of sp³-hybridized carbons (Fsp3) is 0.458. The quantitative estimate of drug-likeness (QED) is 0.444. The number of nitrogens with one attached hydrogen (secondary N) is 2. The molecule has 0 unspecified atom stereocenters. The molecule has 1 aromatic carbocycles. The molecule has 11 heteroatoms. The molecule has 0 atom stereocenters. The summed E-state index contributed by atoms with van der Waals surface area (Å²) in [6.45, 7) is 11.7. The van der Waals surface area contributed by atoms with E-state index in [2.05, 4.69) is 10.3 Å². The Hall–Kier alpha value is -3.50. The lowest BCUT2D eigenvalue weighted by molar-refractivity contribution is -0.192. The van der Waals surface area contributed by atoms with E-state index < -0.39 is 29.7 Å². The fourth-order valence-electron chi connectivity index (χ4n) is 2.99. The highest BCUT2D eigenvalue weighted by molar-refractivity contribution is 5.99. The Bertz CT molecular complexity index is 1040. The van der Waals surface area contributed by atoms with E-state index in [-0.39, 0.29) is 6.61 Å². The van der Waals surface area contributed by atoms with Gasteiger partial charge in [-0.25, -0.2) is 14.4 Å². The molecule has 0 bridgehead atoms. The summed E-state index contributed by atoms with van der Waals surface area (Å²) in [7, 11) is 0. The lowest BCUT2D eigenvalue weighted by atomic mass is 10.1. The van der Waals surface area contributed by atoms with E-state index in [0.29, 0.717) is 35.5 Å². The Morgan fingerprint density at radius 1 is 1.06 bits per heavy atom. The zero-order valence-electron chi connectivity index (χ0n) is 20.6. The van der Waals surface area contributed by atoms with Crippen LogP contribution in [0.1, 0.15) is 72.3 Å². The molecule has 3 N–H and O–H groups in total. The third kappa shape index (κ3) is 8.99. The number of carbonyl (C=O) groups is 3. The van der Waals surface area contributed by atoms with E-state index in [1.807, 2.05) is 58.9 Å². The van der Waals surface area contributed by atoms with Crippen LogP contribution in [-0.2, 0) is 27.2 Å². The number of carboxylic acid groups (broad SMARTS) is 1. The average molecular weight is 501 g/mol. The smallest absolute Gasteiger partial charge is 0.475 e. The lowest BCUT2D eigenvalue weighted by Crippen LogP contribution is -2.24. The number of para-hydroxylation sites is 1. The van der Waals surface area contributed by atoms with Crippen molar-refractivity contribution in [3.8, 4) is 0 Å². The third-order valence-corrected chi connectivity index (χ3v) is 4.46. The van der Waals surface area contributed by atoms with Crippen molar-refractivity contribution >= 4 is 23.6 Å². The molecule has 8 nitrogen and oxygen atoms in total. The normalized spacial score (nSPS) is 11.2. The van der Waals surface area contributed by atoms with Gasteiger partial charge in [0.25, 0.3) is 0 Å². The van der Waals surface area contributed by atoms with Crippen LogP contribution in [0.25, 0.3) is 0 Å². The molecule has 0 aliphatic carbocycles. The zero-order valence-corrected chi connectivity index (χ0v) is 20.6. The maximum Gasteiger partial charge on any atom is 0.490 e. The monoisotopic (exact) mass is 500 g/mol. The molecule has 0 saturated heterocycles. The predicted octanol–water partition coefficient (Wildman–Crippen LogP) is 5.26. The highest BCUT2D eigenvalue weighted by Crippen LogP contribution is 2.25. The second kappa shape index (κ2) is 12.3. The van der Waals surface area contributed by atoms with Gasteiger partial charge in [-0.2, -0.15) is 13.2 Å². The molecule has 0 fully saturated rings. The number of aryl methyl sites for hydroxylation is 1. The van der Waals surface area contributed by atoms with E-state index in [0.717, 1.165) is 11.3 Å². The number of ether oxygens (including phenoxy) is 2. The molecule has 0 radical (unpaired) electrons. The molecular weight excluding hydrogens is 469 g/mol. The Balaban J connectivity index is 0.000000762. The van der Waals surface area contributed by atoms with Crippen molar-refractivity contribution in [2.45, 2.75) is 66.3 Å². The van der Waals surface area contributed by atoms with Crippen LogP contribution in [0, 0.1) is 6.92 Å². The number of aromatic amines is 1. The van der Waals surface area contributed by atoms with Crippen molar-refractivity contribution in [3.05, 3.63) is 52.3 Å². The minimum atomic E-state index is -5.08. The highest BCUT2D eigenvalue weighted by atomic mass is 19.4. The number of anilines is 1. The van der Waals surface area contributed by atoms with Gasteiger partial charge in [0.2, 0.25) is 0 Å². The van der Waals surface area contributed by atoms with Crippen molar-refractivity contribution in [1.82, 2.24) is 4.98 Å². The minimum absolute atomic E-state index is 0.263. The summed E-state index contributed by atoms with van der Waals surface area (Å²) in [6, 6.07) is 7.89. The number of aliphatic carboxylic acids is 1. The van der Waals surface area contributed by atoms with Crippen LogP contribution < -0.4 is 5.32 Å². The molecular formula is C24H31F3N2O6. The van der Waals surface area contributed by atoms with Crippen LogP contribution in [-0.4, -0.2) is 46.4 Å². The minimum Gasteiger partial charge on any atom is -0.475 e. The van der Waals surface area contributed by atoms with Gasteiger partial charge in [-0.3, -0.25) is 0 Å². The molecule has 194 valence electrons. The summed E-state index contributed by atoms with van der Waals surface area (Å²) >= 11 is 0. The number of carboxylic acids is 1. The molecule has 0 spiro atoms. The molecule has 35 heavy (non-hydrogen) atoms. The van der Waals surface area contributed by atoms with Crippen molar-refractivity contribution < 1.29 is 42.1 Å². The summed E-state index contributed by atoms with van der Waals surface area (Å²) in [5, 5.41) is 10.5. The van der Waals surface area contributed by atoms with Crippen molar-refractivity contribution in [3.63, 3.8) is 0 Å². The standard InChI is InChI=1S/C22H30N2O4.C2HF3O2/c1-7-15-18(20(25)27-8-2)17(13-23-16-12-10-9-11-14(16)3)24-19(15)21(26)28-22(4,5)6;3-2(4,5)1(6)7/h9-12,23-24H,7-8,13H2,1-6H3;(H,6,7). The second-order valence-electron chi connectivity index (χ2n) is 8.38. The van der Waals surface area contributed by atoms with Gasteiger partial charge in [0.05, 0.1) is 18.7 Å². The van der Waals surface area contributed by atoms with Gasteiger partial charge in [-0.15, -0.1) is 0 Å². The molecule has 0 saturated carbocycles. The van der Waals surface area contributed by atoms with Crippen LogP contribution in [0.2, 0.25) is 0 Å². The van der Waals surface area contributed by atoms with E-state index in [9.17, 15) is 22.8 Å². The maximum atomic E-state index is 12.7. The summed E-state index contributed by atoms with van der Waals surface area (Å²) in [5.41, 5.74) is 3.37. The van der Waals surface area contributed by atoms with E-state index in [1.165, 1.54) is 0 Å². The van der Waals surface area contributed by atoms with Crippen LogP contribution in [0.5, 0.6) is 0 Å². The van der Waals surface area contributed by atoms with Crippen molar-refractivity contribution in [1.29, 1.82) is 0 Å². The van der Waals surface area contributed by atoms with Gasteiger partial charge < -0.3 is 24.9 Å². The molecule has 0 amide bonds. The number of carbonyl (C=O) groups excluding carboxylic acids is 2. The first-order valence-corrected chi connectivity index (χ1v) is 10.9. The van der Waals surface area contributed by atoms with Gasteiger partial charge in [0.15, 0.2) is 0 Å². The first-order chi connectivity index (χ1) is 16.1. The Kier molecular flexibility index (Phi) is 10.4. The number of hydrogen-bond donors (Lipinski definition) is 3. The number of halogens is 3. The van der Waals surface area contributed by atoms with E-state index >= 15 is 0 Å². The Labute approximate surface area is 201 Å². The first-order valence-electron chi connectivity index (χ1n) is 10.9. The van der Waals surface area contributed by atoms with Gasteiger partial charge in [0.1, 0.15) is 11.3 Å². The number of aromatic nitrogens is 1. The van der Waals surface area contributed by atoms with E-state index in [1.54, 1.807) is 6.92 Å². The maximum absolute atomic E-state index is 12.7. The number of benzene rings is 1. The summed E-state index contributed by atoms with van der Waals surface area (Å²) in [6.07, 6.45) is -4.58. The first kappa shape index (κ1) is 29.5. The fourth-order valence-corrected chi connectivity index (χ4v) is 2.99. The number of H-pyrrole nitrogens is 1. The second-order valence-corrected chi connectivity index (χ2v) is 8.38. The lowest BCUT2D eigenvalue weighted by Gasteiger charge is -2.19. The predicted molar refractivity (Wildman–Crippen MR) is 123 cm³/mol. The largest absolute Gasteiger partial charge is 0.490 e. The van der Waals surface area contributed by atoms with Crippen molar-refractivity contribution in [2.24, 2.45) is 0 Å². The van der Waals surface area contributed by atoms with Crippen molar-refractivity contribution in [2.75, 3.05) is 11.9 Å². The highest BCUT2D eigenvalue weighted by Gasteiger charge is 2.38. The molecule has 1 aromatic heterocycles. The Morgan fingerprint density at radius 3 is 2.09 bits per heavy atom. The number of esters is 2. The van der Waals surface area contributed by atoms with Gasteiger partial charge in [-0.05, 0) is 58.2 Å². The SMILES string of the molecule is CCOC(=O)c1c(CNc2ccccc2C)[nH]c(C(=O)OC(C)(C)C)c1CC.O=C(O)C(F)(F)F. The zero-order chi connectivity index (χ0) is 27.0. The van der Waals surface area contributed by atoms with Gasteiger partial charge in [0, 0.05) is 11.4 Å². The average Bonchev–Trinajstić information content (AvgIpc) is 3.11. The summed E-state index contributed by atoms with van der Waals surface area (Å²) in [4.78, 5) is 37.3. The van der Waals surface area contributed by atoms with Gasteiger partial charge in [-0.1, -0.05) is 25.1 Å². The molecule has 0 aliphatic rings.